The summed E-state index contributed by atoms with van der Waals surface area (Å²) >= 11 is 0. The highest BCUT2D eigenvalue weighted by molar-refractivity contribution is 6.01. The van der Waals surface area contributed by atoms with Crippen LogP contribution in [-0.4, -0.2) is 78.8 Å². The van der Waals surface area contributed by atoms with Crippen molar-refractivity contribution in [2.45, 2.75) is 51.6 Å². The topological polar surface area (TPSA) is 108 Å². The molecule has 0 fully saturated rings. The molecule has 0 spiro atoms. The normalized spacial score (nSPS) is 21.8. The molecule has 9 heteroatoms. The van der Waals surface area contributed by atoms with Gasteiger partial charge < -0.3 is 25.2 Å². The number of carbonyl (C=O) groups is 4. The lowest BCUT2D eigenvalue weighted by molar-refractivity contribution is -0.138. The Morgan fingerprint density at radius 1 is 0.974 bits per heavy atom. The van der Waals surface area contributed by atoms with Crippen LogP contribution >= 0.6 is 0 Å². The van der Waals surface area contributed by atoms with Crippen LogP contribution in [0.5, 0.6) is 5.75 Å². The van der Waals surface area contributed by atoms with Crippen molar-refractivity contribution in [3.8, 4) is 5.75 Å². The lowest BCUT2D eigenvalue weighted by Gasteiger charge is -2.30. The van der Waals surface area contributed by atoms with E-state index in [0.29, 0.717) is 38.1 Å². The van der Waals surface area contributed by atoms with Crippen LogP contribution in [0.15, 0.2) is 48.5 Å². The van der Waals surface area contributed by atoms with E-state index in [1.165, 1.54) is 16.0 Å². The Kier molecular flexibility index (Phi) is 9.22. The zero-order valence-electron chi connectivity index (χ0n) is 22.9. The van der Waals surface area contributed by atoms with E-state index in [1.807, 2.05) is 26.0 Å². The Bertz CT molecular complexity index is 1190. The van der Waals surface area contributed by atoms with Crippen LogP contribution in [0.2, 0.25) is 0 Å². The van der Waals surface area contributed by atoms with E-state index in [9.17, 15) is 19.2 Å². The molecule has 208 valence electrons. The number of carbonyl (C=O) groups excluding carboxylic acids is 4. The van der Waals surface area contributed by atoms with Gasteiger partial charge >= 0.3 is 0 Å². The van der Waals surface area contributed by atoms with Crippen molar-refractivity contribution in [1.82, 2.24) is 20.4 Å². The van der Waals surface area contributed by atoms with Crippen molar-refractivity contribution in [3.63, 3.8) is 0 Å². The summed E-state index contributed by atoms with van der Waals surface area (Å²) in [4.78, 5) is 57.0. The summed E-state index contributed by atoms with van der Waals surface area (Å²) in [6, 6.07) is 13.0. The van der Waals surface area contributed by atoms with Crippen molar-refractivity contribution >= 4 is 23.6 Å². The third-order valence-corrected chi connectivity index (χ3v) is 7.71. The van der Waals surface area contributed by atoms with Gasteiger partial charge in [0.2, 0.25) is 17.7 Å². The quantitative estimate of drug-likeness (QED) is 0.628. The van der Waals surface area contributed by atoms with Crippen LogP contribution in [-0.2, 0) is 27.2 Å². The van der Waals surface area contributed by atoms with Gasteiger partial charge in [-0.25, -0.2) is 0 Å². The Hall–Kier alpha value is -3.88. The second-order valence-electron chi connectivity index (χ2n) is 10.4. The monoisotopic (exact) mass is 534 g/mol. The molecule has 0 aliphatic carbocycles. The molecular weight excluding hydrogens is 496 g/mol. The summed E-state index contributed by atoms with van der Waals surface area (Å²) in [5.41, 5.74) is 2.67. The molecule has 2 aliphatic rings. The van der Waals surface area contributed by atoms with E-state index in [2.05, 4.69) is 22.8 Å². The molecule has 0 saturated carbocycles. The molecule has 9 nitrogen and oxygen atoms in total. The third-order valence-electron chi connectivity index (χ3n) is 7.71. The van der Waals surface area contributed by atoms with Gasteiger partial charge in [-0.1, -0.05) is 56.7 Å². The Balaban J connectivity index is 1.62. The molecule has 4 amide bonds. The fourth-order valence-corrected chi connectivity index (χ4v) is 5.07. The zero-order valence-corrected chi connectivity index (χ0v) is 22.9. The van der Waals surface area contributed by atoms with Crippen LogP contribution in [0, 0.1) is 5.92 Å². The number of para-hydroxylation sites is 1. The van der Waals surface area contributed by atoms with E-state index in [-0.39, 0.29) is 42.9 Å². The minimum absolute atomic E-state index is 0.119. The highest BCUT2D eigenvalue weighted by Crippen LogP contribution is 2.20. The van der Waals surface area contributed by atoms with Gasteiger partial charge in [0.05, 0.1) is 18.5 Å². The first-order valence-corrected chi connectivity index (χ1v) is 13.7. The molecule has 0 bridgehead atoms. The molecule has 0 saturated heterocycles. The van der Waals surface area contributed by atoms with Crippen LogP contribution in [0.25, 0.3) is 0 Å². The largest absolute Gasteiger partial charge is 0.491 e. The maximum atomic E-state index is 13.8. The number of ether oxygens (including phenoxy) is 1. The van der Waals surface area contributed by atoms with Gasteiger partial charge in [0, 0.05) is 20.1 Å². The Morgan fingerprint density at radius 3 is 2.28 bits per heavy atom. The van der Waals surface area contributed by atoms with Gasteiger partial charge in [0.15, 0.2) is 0 Å². The van der Waals surface area contributed by atoms with Gasteiger partial charge in [0.1, 0.15) is 24.4 Å². The lowest BCUT2D eigenvalue weighted by Crippen LogP contribution is -2.55. The molecule has 2 aromatic carbocycles. The Labute approximate surface area is 229 Å². The summed E-state index contributed by atoms with van der Waals surface area (Å²) in [6.45, 7) is 5.30. The minimum atomic E-state index is -1.10. The molecule has 2 aromatic rings. The molecule has 0 radical (unpaired) electrons. The SMILES string of the molecule is CC[C@H](C)[C@@H]1NC(=O)C[C@@H](C(=O)N2CCc3ccccc3CC2)NC(=O)c2ccccc2OCCN(C)C1=O. The summed E-state index contributed by atoms with van der Waals surface area (Å²) in [5, 5.41) is 5.66. The number of benzene rings is 2. The molecular formula is C30H38N4O5. The van der Waals surface area contributed by atoms with E-state index >= 15 is 0 Å². The van der Waals surface area contributed by atoms with E-state index in [1.54, 1.807) is 36.2 Å². The maximum absolute atomic E-state index is 13.8. The van der Waals surface area contributed by atoms with Gasteiger partial charge in [0.25, 0.3) is 5.91 Å². The molecule has 2 heterocycles. The fourth-order valence-electron chi connectivity index (χ4n) is 5.07. The van der Waals surface area contributed by atoms with Gasteiger partial charge in [-0.2, -0.15) is 0 Å². The third kappa shape index (κ3) is 6.77. The number of nitrogens with one attached hydrogen (secondary N) is 2. The fraction of sp³-hybridized carbons (Fsp3) is 0.467. The first-order valence-electron chi connectivity index (χ1n) is 13.7. The van der Waals surface area contributed by atoms with E-state index in [4.69, 9.17) is 4.74 Å². The number of nitrogens with zero attached hydrogens (tertiary/aromatic N) is 2. The standard InChI is InChI=1S/C30H38N4O5/c1-4-20(2)27-30(38)33(3)17-18-39-25-12-8-7-11-23(25)28(36)31-24(19-26(35)32-27)29(37)34-15-13-21-9-5-6-10-22(21)14-16-34/h5-12,20,24,27H,4,13-19H2,1-3H3,(H,31,36)(H,32,35)/t20-,24-,27-/m0/s1. The van der Waals surface area contributed by atoms with Gasteiger partial charge in [-0.15, -0.1) is 0 Å². The maximum Gasteiger partial charge on any atom is 0.255 e. The Morgan fingerprint density at radius 2 is 1.62 bits per heavy atom. The van der Waals surface area contributed by atoms with Crippen LogP contribution < -0.4 is 15.4 Å². The van der Waals surface area contributed by atoms with Crippen molar-refractivity contribution in [2.75, 3.05) is 33.3 Å². The van der Waals surface area contributed by atoms with Crippen molar-refractivity contribution < 1.29 is 23.9 Å². The molecule has 3 atom stereocenters. The number of hydrogen-bond donors (Lipinski definition) is 2. The van der Waals surface area contributed by atoms with Crippen molar-refractivity contribution in [3.05, 3.63) is 65.2 Å². The summed E-state index contributed by atoms with van der Waals surface area (Å²) < 4.78 is 5.89. The summed E-state index contributed by atoms with van der Waals surface area (Å²) in [7, 11) is 1.67. The number of hydrogen-bond acceptors (Lipinski definition) is 5. The van der Waals surface area contributed by atoms with E-state index in [0.717, 1.165) is 0 Å². The molecule has 2 aliphatic heterocycles. The van der Waals surface area contributed by atoms with Crippen molar-refractivity contribution in [1.29, 1.82) is 0 Å². The van der Waals surface area contributed by atoms with Crippen molar-refractivity contribution in [2.24, 2.45) is 5.92 Å². The molecule has 4 rings (SSSR count). The lowest BCUT2D eigenvalue weighted by atomic mass is 9.97. The van der Waals surface area contributed by atoms with Crippen LogP contribution in [0.1, 0.15) is 48.2 Å². The average Bonchev–Trinajstić information content (AvgIpc) is 3.17. The van der Waals surface area contributed by atoms with E-state index < -0.39 is 23.9 Å². The molecule has 0 aromatic heterocycles. The molecule has 2 N–H and O–H groups in total. The highest BCUT2D eigenvalue weighted by atomic mass is 16.5. The predicted molar refractivity (Wildman–Crippen MR) is 147 cm³/mol. The first-order chi connectivity index (χ1) is 18.8. The molecule has 39 heavy (non-hydrogen) atoms. The van der Waals surface area contributed by atoms with Gasteiger partial charge in [-0.05, 0) is 42.0 Å². The average molecular weight is 535 g/mol. The number of fused-ring (bicyclic) bond motifs is 2. The smallest absolute Gasteiger partial charge is 0.255 e. The second-order valence-corrected chi connectivity index (χ2v) is 10.4. The van der Waals surface area contributed by atoms with Crippen LogP contribution in [0.3, 0.4) is 0 Å². The zero-order chi connectivity index (χ0) is 27.9. The second kappa shape index (κ2) is 12.8. The first kappa shape index (κ1) is 28.1. The summed E-state index contributed by atoms with van der Waals surface area (Å²) in [5.74, 6) is -1.25. The highest BCUT2D eigenvalue weighted by Gasteiger charge is 2.34. The molecule has 0 unspecified atom stereocenters. The number of rotatable bonds is 3. The summed E-state index contributed by atoms with van der Waals surface area (Å²) in [6.07, 6.45) is 1.80. The van der Waals surface area contributed by atoms with Crippen LogP contribution in [0.4, 0.5) is 0 Å². The predicted octanol–water partition coefficient (Wildman–Crippen LogP) is 2.18. The number of likely N-dealkylation sites (N-methyl/N-ethyl adjacent to an activating group) is 1. The minimum Gasteiger partial charge on any atom is -0.491 e. The number of amides is 4. The van der Waals surface area contributed by atoms with Gasteiger partial charge in [-0.3, -0.25) is 19.2 Å².